The van der Waals surface area contributed by atoms with E-state index in [4.69, 9.17) is 0 Å². The maximum atomic E-state index is 13.2. The van der Waals surface area contributed by atoms with Crippen molar-refractivity contribution in [3.63, 3.8) is 0 Å². The van der Waals surface area contributed by atoms with Crippen LogP contribution in [-0.2, 0) is 6.18 Å². The lowest BCUT2D eigenvalue weighted by Gasteiger charge is -2.24. The molecule has 2 rings (SSSR count). The molecule has 1 aliphatic rings. The lowest BCUT2D eigenvalue weighted by atomic mass is 10.1. The quantitative estimate of drug-likeness (QED) is 0.780. The van der Waals surface area contributed by atoms with E-state index in [-0.39, 0.29) is 11.6 Å². The molecule has 0 saturated carbocycles. The number of rotatable bonds is 2. The normalized spacial score (nSPS) is 19.1. The molecule has 1 unspecified atom stereocenters. The summed E-state index contributed by atoms with van der Waals surface area (Å²) in [5.74, 6) is -0.175. The molecule has 20 heavy (non-hydrogen) atoms. The molecule has 1 atom stereocenters. The fraction of sp³-hybridized carbons (Fsp3) is 0.462. The van der Waals surface area contributed by atoms with Gasteiger partial charge in [-0.1, -0.05) is 0 Å². The summed E-state index contributed by atoms with van der Waals surface area (Å²) in [6.45, 7) is 0. The van der Waals surface area contributed by atoms with Gasteiger partial charge in [-0.05, 0) is 30.4 Å². The number of carbonyl (C=O) groups excluding carboxylic acids is 1. The van der Waals surface area contributed by atoms with Crippen LogP contribution in [0.3, 0.4) is 0 Å². The number of benzene rings is 1. The Labute approximate surface area is 118 Å². The Balaban J connectivity index is 2.26. The lowest BCUT2D eigenvalue weighted by molar-refractivity contribution is -0.140. The predicted octanol–water partition coefficient (Wildman–Crippen LogP) is 3.42. The average Bonchev–Trinajstić information content (AvgIpc) is 2.90. The first-order valence-corrected chi connectivity index (χ1v) is 7.18. The summed E-state index contributed by atoms with van der Waals surface area (Å²) < 4.78 is 51.1. The Hall–Kier alpha value is -1.24. The summed E-state index contributed by atoms with van der Waals surface area (Å²) in [6.07, 6.45) is -3.98. The molecule has 0 bridgehead atoms. The lowest BCUT2D eigenvalue weighted by Crippen LogP contribution is -2.37. The summed E-state index contributed by atoms with van der Waals surface area (Å²) in [6, 6.07) is 2.38. The molecule has 110 valence electrons. The van der Waals surface area contributed by atoms with E-state index in [1.807, 2.05) is 0 Å². The second-order valence-electron chi connectivity index (χ2n) is 4.63. The fourth-order valence-corrected chi connectivity index (χ4v) is 3.34. The van der Waals surface area contributed by atoms with E-state index in [9.17, 15) is 22.4 Å². The number of nitrogens with zero attached hydrogens (tertiary/aromatic N) is 1. The number of alkyl halides is 3. The average molecular weight is 307 g/mol. The van der Waals surface area contributed by atoms with Crippen LogP contribution in [0.5, 0.6) is 0 Å². The number of hydrogen-bond acceptors (Lipinski definition) is 2. The van der Waals surface area contributed by atoms with E-state index in [1.54, 1.807) is 18.8 Å². The Morgan fingerprint density at radius 2 is 2.10 bits per heavy atom. The monoisotopic (exact) mass is 307 g/mol. The summed E-state index contributed by atoms with van der Waals surface area (Å²) in [5.41, 5.74) is -1.55. The van der Waals surface area contributed by atoms with E-state index in [2.05, 4.69) is 0 Å². The molecule has 1 amide bonds. The van der Waals surface area contributed by atoms with Gasteiger partial charge in [0.15, 0.2) is 0 Å². The molecule has 1 aliphatic heterocycles. The predicted molar refractivity (Wildman–Crippen MR) is 69.2 cm³/mol. The van der Waals surface area contributed by atoms with Gasteiger partial charge in [0.25, 0.3) is 5.91 Å². The molecule has 1 heterocycles. The van der Waals surface area contributed by atoms with Gasteiger partial charge in [-0.15, -0.1) is 0 Å². The number of carbonyl (C=O) groups is 1. The van der Waals surface area contributed by atoms with Crippen LogP contribution in [0, 0.1) is 5.82 Å². The van der Waals surface area contributed by atoms with E-state index >= 15 is 0 Å². The molecule has 0 aromatic heterocycles. The third kappa shape index (κ3) is 3.08. The molecule has 2 nitrogen and oxygen atoms in total. The molecular formula is C13H13F4NOS. The van der Waals surface area contributed by atoms with Crippen LogP contribution < -0.4 is 0 Å². The van der Waals surface area contributed by atoms with Crippen molar-refractivity contribution in [2.24, 2.45) is 0 Å². The maximum absolute atomic E-state index is 13.2. The zero-order chi connectivity index (χ0) is 14.9. The summed E-state index contributed by atoms with van der Waals surface area (Å²) in [5, 5.41) is 0. The van der Waals surface area contributed by atoms with Crippen LogP contribution in [-0.4, -0.2) is 35.4 Å². The number of halogens is 4. The Kier molecular flexibility index (Phi) is 4.27. The molecule has 7 heteroatoms. The molecule has 0 spiro atoms. The van der Waals surface area contributed by atoms with Gasteiger partial charge in [-0.25, -0.2) is 4.39 Å². The fourth-order valence-electron chi connectivity index (χ4n) is 2.07. The van der Waals surface area contributed by atoms with Crippen LogP contribution >= 0.6 is 11.8 Å². The van der Waals surface area contributed by atoms with Gasteiger partial charge in [-0.2, -0.15) is 24.9 Å². The van der Waals surface area contributed by atoms with Crippen LogP contribution in [0.1, 0.15) is 22.3 Å². The van der Waals surface area contributed by atoms with E-state index < -0.39 is 23.5 Å². The van der Waals surface area contributed by atoms with Crippen LogP contribution in [0.2, 0.25) is 0 Å². The number of thioether (sulfide) groups is 1. The van der Waals surface area contributed by atoms with Gasteiger partial charge >= 0.3 is 6.18 Å². The first-order chi connectivity index (χ1) is 9.30. The number of hydrogen-bond donors (Lipinski definition) is 0. The van der Waals surface area contributed by atoms with Crippen molar-refractivity contribution in [3.05, 3.63) is 35.1 Å². The highest BCUT2D eigenvalue weighted by Gasteiger charge is 2.35. The molecule has 0 N–H and O–H groups in total. The van der Waals surface area contributed by atoms with Crippen molar-refractivity contribution >= 4 is 17.7 Å². The van der Waals surface area contributed by atoms with Gasteiger partial charge in [-0.3, -0.25) is 4.79 Å². The highest BCUT2D eigenvalue weighted by Crippen LogP contribution is 2.32. The molecule has 1 aromatic carbocycles. The molecular weight excluding hydrogens is 294 g/mol. The molecule has 0 aliphatic carbocycles. The standard InChI is InChI=1S/C13H13F4NOS/c1-18(9-4-5-20-7-9)12(19)8-2-3-11(14)10(6-8)13(15,16)17/h2-3,6,9H,4-5,7H2,1H3. The zero-order valence-electron chi connectivity index (χ0n) is 10.7. The van der Waals surface area contributed by atoms with Crippen LogP contribution in [0.15, 0.2) is 18.2 Å². The van der Waals surface area contributed by atoms with Crippen molar-refractivity contribution in [2.75, 3.05) is 18.6 Å². The summed E-state index contributed by atoms with van der Waals surface area (Å²) in [7, 11) is 1.56. The zero-order valence-corrected chi connectivity index (χ0v) is 11.5. The SMILES string of the molecule is CN(C(=O)c1ccc(F)c(C(F)(F)F)c1)C1CCSC1. The van der Waals surface area contributed by atoms with E-state index in [0.717, 1.165) is 24.0 Å². The first-order valence-electron chi connectivity index (χ1n) is 6.02. The van der Waals surface area contributed by atoms with Crippen molar-refractivity contribution in [3.8, 4) is 0 Å². The van der Waals surface area contributed by atoms with Crippen LogP contribution in [0.4, 0.5) is 17.6 Å². The van der Waals surface area contributed by atoms with Crippen molar-refractivity contribution in [1.82, 2.24) is 4.90 Å². The van der Waals surface area contributed by atoms with Crippen molar-refractivity contribution < 1.29 is 22.4 Å². The Bertz CT molecular complexity index is 512. The van der Waals surface area contributed by atoms with E-state index in [0.29, 0.717) is 12.1 Å². The molecule has 0 radical (unpaired) electrons. The van der Waals surface area contributed by atoms with Gasteiger partial charge in [0, 0.05) is 24.4 Å². The van der Waals surface area contributed by atoms with Crippen LogP contribution in [0.25, 0.3) is 0 Å². The second-order valence-corrected chi connectivity index (χ2v) is 5.78. The van der Waals surface area contributed by atoms with Crippen molar-refractivity contribution in [2.45, 2.75) is 18.6 Å². The second kappa shape index (κ2) is 5.63. The minimum absolute atomic E-state index is 0.0203. The molecule has 1 saturated heterocycles. The summed E-state index contributed by atoms with van der Waals surface area (Å²) in [4.78, 5) is 13.6. The Morgan fingerprint density at radius 1 is 1.40 bits per heavy atom. The molecule has 1 aromatic rings. The highest BCUT2D eigenvalue weighted by molar-refractivity contribution is 7.99. The smallest absolute Gasteiger partial charge is 0.338 e. The minimum Gasteiger partial charge on any atom is -0.338 e. The highest BCUT2D eigenvalue weighted by atomic mass is 32.2. The number of amides is 1. The van der Waals surface area contributed by atoms with E-state index in [1.165, 1.54) is 4.90 Å². The maximum Gasteiger partial charge on any atom is 0.419 e. The molecule has 1 fully saturated rings. The van der Waals surface area contributed by atoms with Crippen molar-refractivity contribution in [1.29, 1.82) is 0 Å². The van der Waals surface area contributed by atoms with Gasteiger partial charge < -0.3 is 4.90 Å². The topological polar surface area (TPSA) is 20.3 Å². The third-order valence-corrected chi connectivity index (χ3v) is 4.44. The third-order valence-electron chi connectivity index (χ3n) is 3.29. The van der Waals surface area contributed by atoms with Gasteiger partial charge in [0.05, 0.1) is 5.56 Å². The summed E-state index contributed by atoms with van der Waals surface area (Å²) >= 11 is 1.70. The first kappa shape index (κ1) is 15.2. The Morgan fingerprint density at radius 3 is 2.65 bits per heavy atom. The minimum atomic E-state index is -4.80. The van der Waals surface area contributed by atoms with Gasteiger partial charge in [0.1, 0.15) is 5.82 Å². The van der Waals surface area contributed by atoms with Gasteiger partial charge in [0.2, 0.25) is 0 Å². The largest absolute Gasteiger partial charge is 0.419 e.